The molecule has 0 aliphatic carbocycles. The summed E-state index contributed by atoms with van der Waals surface area (Å²) in [4.78, 5) is 4.22. The lowest BCUT2D eigenvalue weighted by atomic mass is 10.2. The van der Waals surface area contributed by atoms with Crippen LogP contribution in [0, 0.1) is 0 Å². The molecule has 2 aromatic carbocycles. The molecule has 0 aliphatic heterocycles. The fourth-order valence-corrected chi connectivity index (χ4v) is 2.81. The third kappa shape index (κ3) is 5.18. The van der Waals surface area contributed by atoms with Crippen molar-refractivity contribution in [2.24, 2.45) is 4.99 Å². The van der Waals surface area contributed by atoms with Crippen molar-refractivity contribution in [1.82, 2.24) is 10.6 Å². The van der Waals surface area contributed by atoms with E-state index in [2.05, 4.69) is 15.6 Å². The van der Waals surface area contributed by atoms with Crippen LogP contribution in [0.15, 0.2) is 41.4 Å². The van der Waals surface area contributed by atoms with E-state index >= 15 is 0 Å². The minimum Gasteiger partial charge on any atom is -0.493 e. The molecule has 0 saturated heterocycles. The van der Waals surface area contributed by atoms with Crippen molar-refractivity contribution in [3.05, 3.63) is 57.6 Å². The molecular weight excluding hydrogens is 361 g/mol. The minimum atomic E-state index is 0.533. The SMILES string of the molecule is CN=C(NCc1ccc(Cl)cc1Cl)NCc1cccc(OC)c1OC. The highest BCUT2D eigenvalue weighted by Gasteiger charge is 2.10. The molecular formula is C18H21Cl2N3O2. The van der Waals surface area contributed by atoms with Gasteiger partial charge in [-0.3, -0.25) is 4.99 Å². The van der Waals surface area contributed by atoms with Crippen LogP contribution in [-0.4, -0.2) is 27.2 Å². The molecule has 0 amide bonds. The molecule has 25 heavy (non-hydrogen) atoms. The highest BCUT2D eigenvalue weighted by atomic mass is 35.5. The standard InChI is InChI=1S/C18H21Cl2N3O2/c1-21-18(22-10-12-7-8-14(19)9-15(12)20)23-11-13-5-4-6-16(24-2)17(13)25-3/h4-9H,10-11H2,1-3H3,(H2,21,22,23). The minimum absolute atomic E-state index is 0.533. The Bertz CT molecular complexity index is 751. The molecule has 2 aromatic rings. The summed E-state index contributed by atoms with van der Waals surface area (Å²) in [5.41, 5.74) is 1.90. The lowest BCUT2D eigenvalue weighted by Gasteiger charge is -2.16. The molecule has 0 saturated carbocycles. The Morgan fingerprint density at radius 2 is 1.72 bits per heavy atom. The topological polar surface area (TPSA) is 54.9 Å². The number of hydrogen-bond donors (Lipinski definition) is 2. The van der Waals surface area contributed by atoms with Crippen molar-refractivity contribution in [2.75, 3.05) is 21.3 Å². The number of para-hydroxylation sites is 1. The van der Waals surface area contributed by atoms with Crippen LogP contribution in [0.1, 0.15) is 11.1 Å². The number of methoxy groups -OCH3 is 2. The van der Waals surface area contributed by atoms with Gasteiger partial charge < -0.3 is 20.1 Å². The Morgan fingerprint density at radius 1 is 1.00 bits per heavy atom. The van der Waals surface area contributed by atoms with Crippen LogP contribution in [0.4, 0.5) is 0 Å². The average Bonchev–Trinajstić information content (AvgIpc) is 2.62. The van der Waals surface area contributed by atoms with E-state index in [1.165, 1.54) is 0 Å². The van der Waals surface area contributed by atoms with Crippen LogP contribution in [0.2, 0.25) is 10.0 Å². The number of benzene rings is 2. The van der Waals surface area contributed by atoms with Crippen LogP contribution >= 0.6 is 23.2 Å². The van der Waals surface area contributed by atoms with Crippen LogP contribution < -0.4 is 20.1 Å². The van der Waals surface area contributed by atoms with Crippen molar-refractivity contribution in [3.8, 4) is 11.5 Å². The van der Waals surface area contributed by atoms with Gasteiger partial charge in [0, 0.05) is 35.7 Å². The van der Waals surface area contributed by atoms with Crippen LogP contribution in [-0.2, 0) is 13.1 Å². The largest absolute Gasteiger partial charge is 0.493 e. The van der Waals surface area contributed by atoms with Crippen molar-refractivity contribution in [3.63, 3.8) is 0 Å². The molecule has 134 valence electrons. The number of ether oxygens (including phenoxy) is 2. The molecule has 2 rings (SSSR count). The highest BCUT2D eigenvalue weighted by molar-refractivity contribution is 6.35. The van der Waals surface area contributed by atoms with Crippen LogP contribution in [0.5, 0.6) is 11.5 Å². The van der Waals surface area contributed by atoms with Gasteiger partial charge in [0.2, 0.25) is 0 Å². The highest BCUT2D eigenvalue weighted by Crippen LogP contribution is 2.30. The van der Waals surface area contributed by atoms with Gasteiger partial charge in [0.25, 0.3) is 0 Å². The maximum absolute atomic E-state index is 6.19. The predicted molar refractivity (Wildman–Crippen MR) is 103 cm³/mol. The smallest absolute Gasteiger partial charge is 0.191 e. The summed E-state index contributed by atoms with van der Waals surface area (Å²) >= 11 is 12.1. The van der Waals surface area contributed by atoms with E-state index in [4.69, 9.17) is 32.7 Å². The van der Waals surface area contributed by atoms with Crippen molar-refractivity contribution in [2.45, 2.75) is 13.1 Å². The summed E-state index contributed by atoms with van der Waals surface area (Å²) in [5, 5.41) is 7.70. The number of guanidine groups is 1. The summed E-state index contributed by atoms with van der Waals surface area (Å²) < 4.78 is 10.7. The molecule has 7 heteroatoms. The van der Waals surface area contributed by atoms with E-state index in [1.807, 2.05) is 30.3 Å². The van der Waals surface area contributed by atoms with Gasteiger partial charge >= 0.3 is 0 Å². The zero-order chi connectivity index (χ0) is 18.2. The van der Waals surface area contributed by atoms with E-state index in [9.17, 15) is 0 Å². The third-order valence-electron chi connectivity index (χ3n) is 3.62. The fourth-order valence-electron chi connectivity index (χ4n) is 2.34. The number of halogens is 2. The van der Waals surface area contributed by atoms with Gasteiger partial charge in [-0.25, -0.2) is 0 Å². The molecule has 0 atom stereocenters. The first-order chi connectivity index (χ1) is 12.1. The summed E-state index contributed by atoms with van der Waals surface area (Å²) in [6, 6.07) is 11.2. The van der Waals surface area contributed by atoms with E-state index in [1.54, 1.807) is 27.3 Å². The molecule has 0 aliphatic rings. The van der Waals surface area contributed by atoms with Gasteiger partial charge in [-0.15, -0.1) is 0 Å². The number of nitrogens with zero attached hydrogens (tertiary/aromatic N) is 1. The normalized spacial score (nSPS) is 11.2. The van der Waals surface area contributed by atoms with Crippen molar-refractivity contribution >= 4 is 29.2 Å². The van der Waals surface area contributed by atoms with Gasteiger partial charge in [0.1, 0.15) is 0 Å². The lowest BCUT2D eigenvalue weighted by Crippen LogP contribution is -2.36. The molecule has 0 unspecified atom stereocenters. The van der Waals surface area contributed by atoms with Gasteiger partial charge in [-0.05, 0) is 23.8 Å². The predicted octanol–water partition coefficient (Wildman–Crippen LogP) is 3.88. The Labute approximate surface area is 158 Å². The van der Waals surface area contributed by atoms with Crippen molar-refractivity contribution < 1.29 is 9.47 Å². The van der Waals surface area contributed by atoms with E-state index in [-0.39, 0.29) is 0 Å². The molecule has 0 aromatic heterocycles. The second-order valence-corrected chi connectivity index (χ2v) is 6.01. The Morgan fingerprint density at radius 3 is 2.32 bits per heavy atom. The Kier molecular flexibility index (Phi) is 7.22. The quantitative estimate of drug-likeness (QED) is 0.588. The van der Waals surface area contributed by atoms with Gasteiger partial charge in [0.15, 0.2) is 17.5 Å². The van der Waals surface area contributed by atoms with Gasteiger partial charge in [0.05, 0.1) is 14.2 Å². The first kappa shape index (κ1) is 19.2. The fraction of sp³-hybridized carbons (Fsp3) is 0.278. The van der Waals surface area contributed by atoms with Crippen LogP contribution in [0.25, 0.3) is 0 Å². The lowest BCUT2D eigenvalue weighted by molar-refractivity contribution is 0.351. The molecule has 0 bridgehead atoms. The number of nitrogens with one attached hydrogen (secondary N) is 2. The van der Waals surface area contributed by atoms with Gasteiger partial charge in [-0.2, -0.15) is 0 Å². The number of aliphatic imine (C=N–C) groups is 1. The first-order valence-corrected chi connectivity index (χ1v) is 8.43. The third-order valence-corrected chi connectivity index (χ3v) is 4.20. The molecule has 0 heterocycles. The summed E-state index contributed by atoms with van der Waals surface area (Å²) in [5.74, 6) is 2.04. The maximum atomic E-state index is 6.19. The molecule has 0 radical (unpaired) electrons. The van der Waals surface area contributed by atoms with E-state index in [0.29, 0.717) is 40.6 Å². The van der Waals surface area contributed by atoms with Crippen molar-refractivity contribution in [1.29, 1.82) is 0 Å². The molecule has 5 nitrogen and oxygen atoms in total. The molecule has 0 fully saturated rings. The Hall–Kier alpha value is -2.11. The molecule has 0 spiro atoms. The summed E-state index contributed by atoms with van der Waals surface area (Å²) in [6.45, 7) is 1.07. The Balaban J connectivity index is 1.99. The number of rotatable bonds is 6. The average molecular weight is 382 g/mol. The van der Waals surface area contributed by atoms with E-state index in [0.717, 1.165) is 11.1 Å². The van der Waals surface area contributed by atoms with E-state index < -0.39 is 0 Å². The van der Waals surface area contributed by atoms with Crippen LogP contribution in [0.3, 0.4) is 0 Å². The summed E-state index contributed by atoms with van der Waals surface area (Å²) in [6.07, 6.45) is 0. The van der Waals surface area contributed by atoms with Gasteiger partial charge in [-0.1, -0.05) is 41.4 Å². The monoisotopic (exact) mass is 381 g/mol. The summed E-state index contributed by atoms with van der Waals surface area (Å²) in [7, 11) is 4.95. The zero-order valence-corrected chi connectivity index (χ0v) is 15.9. The second-order valence-electron chi connectivity index (χ2n) is 5.17. The molecule has 2 N–H and O–H groups in total. The maximum Gasteiger partial charge on any atom is 0.191 e. The first-order valence-electron chi connectivity index (χ1n) is 7.67. The zero-order valence-electron chi connectivity index (χ0n) is 14.4. The second kappa shape index (κ2) is 9.39. The number of hydrogen-bond acceptors (Lipinski definition) is 3.